The van der Waals surface area contributed by atoms with Crippen LogP contribution < -0.4 is 4.90 Å². The lowest BCUT2D eigenvalue weighted by molar-refractivity contribution is -0.136. The quantitative estimate of drug-likeness (QED) is 0.907. The lowest BCUT2D eigenvalue weighted by atomic mass is 10.1. The van der Waals surface area contributed by atoms with Crippen molar-refractivity contribution >= 4 is 27.6 Å². The fourth-order valence-electron chi connectivity index (χ4n) is 1.55. The Balaban J connectivity index is 2.95. The van der Waals surface area contributed by atoms with Gasteiger partial charge in [-0.2, -0.15) is 5.26 Å². The summed E-state index contributed by atoms with van der Waals surface area (Å²) in [7, 11) is 0. The Hall–Kier alpha value is -1.54. The summed E-state index contributed by atoms with van der Waals surface area (Å²) in [6.07, 6.45) is 0.0643. The van der Waals surface area contributed by atoms with Crippen molar-refractivity contribution in [1.29, 1.82) is 5.26 Å². The van der Waals surface area contributed by atoms with Gasteiger partial charge in [-0.15, -0.1) is 0 Å². The number of aliphatic carboxylic acids is 1. The fraction of sp³-hybridized carbons (Fsp3) is 0.333. The molecule has 1 N–H and O–H groups in total. The number of nitriles is 1. The number of halogens is 1. The summed E-state index contributed by atoms with van der Waals surface area (Å²) in [5, 5.41) is 17.7. The molecule has 0 saturated carbocycles. The maximum absolute atomic E-state index is 10.6. The first-order chi connectivity index (χ1) is 8.08. The molecule has 0 fully saturated rings. The lowest BCUT2D eigenvalue weighted by Gasteiger charge is -2.23. The Morgan fingerprint density at radius 1 is 1.59 bits per heavy atom. The third-order valence-corrected chi connectivity index (χ3v) is 2.89. The lowest BCUT2D eigenvalue weighted by Crippen LogP contribution is -2.26. The first-order valence-corrected chi connectivity index (χ1v) is 6.04. The molecule has 1 aromatic carbocycles. The van der Waals surface area contributed by atoms with Gasteiger partial charge in [-0.3, -0.25) is 4.79 Å². The van der Waals surface area contributed by atoms with Crippen molar-refractivity contribution in [2.45, 2.75) is 13.3 Å². The van der Waals surface area contributed by atoms with E-state index in [1.54, 1.807) is 6.07 Å². The number of carbonyl (C=O) groups is 1. The van der Waals surface area contributed by atoms with Crippen LogP contribution in [-0.4, -0.2) is 24.2 Å². The van der Waals surface area contributed by atoms with Crippen molar-refractivity contribution in [3.63, 3.8) is 0 Å². The average Bonchev–Trinajstić information content (AvgIpc) is 2.30. The minimum Gasteiger partial charge on any atom is -0.481 e. The fourth-order valence-corrected chi connectivity index (χ4v) is 1.91. The molecule has 0 heterocycles. The van der Waals surface area contributed by atoms with Gasteiger partial charge in [0.05, 0.1) is 17.7 Å². The van der Waals surface area contributed by atoms with Gasteiger partial charge in [-0.25, -0.2) is 0 Å². The maximum atomic E-state index is 10.6. The summed E-state index contributed by atoms with van der Waals surface area (Å²) < 4.78 is 0.840. The summed E-state index contributed by atoms with van der Waals surface area (Å²) in [4.78, 5) is 12.4. The SMILES string of the molecule is CCN(CCC(=O)O)c1ccc(Br)cc1C#N. The molecule has 0 aromatic heterocycles. The van der Waals surface area contributed by atoms with E-state index in [9.17, 15) is 4.79 Å². The summed E-state index contributed by atoms with van der Waals surface area (Å²) in [6, 6.07) is 7.53. The number of benzene rings is 1. The zero-order chi connectivity index (χ0) is 12.8. The van der Waals surface area contributed by atoms with Crippen LogP contribution in [0.1, 0.15) is 18.9 Å². The number of carboxylic acids is 1. The van der Waals surface area contributed by atoms with Gasteiger partial charge in [-0.05, 0) is 25.1 Å². The van der Waals surface area contributed by atoms with E-state index in [4.69, 9.17) is 10.4 Å². The highest BCUT2D eigenvalue weighted by atomic mass is 79.9. The summed E-state index contributed by atoms with van der Waals surface area (Å²) in [5.74, 6) is -0.834. The molecule has 0 amide bonds. The van der Waals surface area contributed by atoms with Gasteiger partial charge in [0.25, 0.3) is 0 Å². The second kappa shape index (κ2) is 6.26. The van der Waals surface area contributed by atoms with E-state index in [1.165, 1.54) is 0 Å². The summed E-state index contributed by atoms with van der Waals surface area (Å²) in [5.41, 5.74) is 1.33. The second-order valence-corrected chi connectivity index (χ2v) is 4.41. The highest BCUT2D eigenvalue weighted by Crippen LogP contribution is 2.24. The van der Waals surface area contributed by atoms with Crippen molar-refractivity contribution in [2.24, 2.45) is 0 Å². The van der Waals surface area contributed by atoms with Crippen LogP contribution in [0.25, 0.3) is 0 Å². The number of anilines is 1. The van der Waals surface area contributed by atoms with E-state index in [0.717, 1.165) is 10.2 Å². The predicted octanol–water partition coefficient (Wildman–Crippen LogP) is 2.62. The smallest absolute Gasteiger partial charge is 0.305 e. The first kappa shape index (κ1) is 13.5. The van der Waals surface area contributed by atoms with Crippen molar-refractivity contribution < 1.29 is 9.90 Å². The van der Waals surface area contributed by atoms with Crippen LogP contribution in [0.5, 0.6) is 0 Å². The standard InChI is InChI=1S/C12H13BrN2O2/c1-2-15(6-5-12(16)17)11-4-3-10(13)7-9(11)8-14/h3-4,7H,2,5-6H2,1H3,(H,16,17). The van der Waals surface area contributed by atoms with E-state index in [2.05, 4.69) is 22.0 Å². The number of nitrogens with zero attached hydrogens (tertiary/aromatic N) is 2. The van der Waals surface area contributed by atoms with E-state index in [1.807, 2.05) is 24.0 Å². The molecule has 0 aliphatic rings. The minimum atomic E-state index is -0.834. The summed E-state index contributed by atoms with van der Waals surface area (Å²) >= 11 is 3.31. The number of hydrogen-bond donors (Lipinski definition) is 1. The Kier molecular flexibility index (Phi) is 4.98. The van der Waals surface area contributed by atoms with Crippen LogP contribution in [0, 0.1) is 11.3 Å². The molecule has 0 bridgehead atoms. The van der Waals surface area contributed by atoms with Crippen LogP contribution >= 0.6 is 15.9 Å². The van der Waals surface area contributed by atoms with Crippen LogP contribution in [0.2, 0.25) is 0 Å². The Morgan fingerprint density at radius 2 is 2.29 bits per heavy atom. The van der Waals surface area contributed by atoms with Gasteiger partial charge in [0.2, 0.25) is 0 Å². The number of hydrogen-bond acceptors (Lipinski definition) is 3. The topological polar surface area (TPSA) is 64.3 Å². The number of rotatable bonds is 5. The molecule has 0 unspecified atom stereocenters. The monoisotopic (exact) mass is 296 g/mol. The molecule has 1 aromatic rings. The largest absolute Gasteiger partial charge is 0.481 e. The third-order valence-electron chi connectivity index (χ3n) is 2.40. The first-order valence-electron chi connectivity index (χ1n) is 5.25. The van der Waals surface area contributed by atoms with Gasteiger partial charge >= 0.3 is 5.97 Å². The summed E-state index contributed by atoms with van der Waals surface area (Å²) in [6.45, 7) is 3.01. The molecule has 0 saturated heterocycles. The second-order valence-electron chi connectivity index (χ2n) is 3.50. The van der Waals surface area contributed by atoms with Gasteiger partial charge in [0, 0.05) is 17.6 Å². The van der Waals surface area contributed by atoms with Gasteiger partial charge < -0.3 is 10.0 Å². The van der Waals surface area contributed by atoms with Crippen molar-refractivity contribution in [2.75, 3.05) is 18.0 Å². The molecule has 0 radical (unpaired) electrons. The van der Waals surface area contributed by atoms with Crippen LogP contribution in [-0.2, 0) is 4.79 Å². The molecule has 4 nitrogen and oxygen atoms in total. The zero-order valence-electron chi connectivity index (χ0n) is 9.48. The predicted molar refractivity (Wildman–Crippen MR) is 69.0 cm³/mol. The highest BCUT2D eigenvalue weighted by molar-refractivity contribution is 9.10. The van der Waals surface area contributed by atoms with Crippen molar-refractivity contribution in [3.8, 4) is 6.07 Å². The zero-order valence-corrected chi connectivity index (χ0v) is 11.1. The molecule has 90 valence electrons. The highest BCUT2D eigenvalue weighted by Gasteiger charge is 2.11. The molecule has 0 aliphatic heterocycles. The molecular formula is C12H13BrN2O2. The van der Waals surface area contributed by atoms with E-state index >= 15 is 0 Å². The van der Waals surface area contributed by atoms with Crippen LogP contribution in [0.3, 0.4) is 0 Å². The van der Waals surface area contributed by atoms with E-state index < -0.39 is 5.97 Å². The molecule has 0 spiro atoms. The Morgan fingerprint density at radius 3 is 2.82 bits per heavy atom. The third kappa shape index (κ3) is 3.75. The molecule has 0 aliphatic carbocycles. The molecular weight excluding hydrogens is 284 g/mol. The van der Waals surface area contributed by atoms with Gasteiger partial charge in [0.15, 0.2) is 0 Å². The maximum Gasteiger partial charge on any atom is 0.305 e. The van der Waals surface area contributed by atoms with Gasteiger partial charge in [0.1, 0.15) is 6.07 Å². The minimum absolute atomic E-state index is 0.0643. The van der Waals surface area contributed by atoms with Crippen molar-refractivity contribution in [1.82, 2.24) is 0 Å². The van der Waals surface area contributed by atoms with Crippen molar-refractivity contribution in [3.05, 3.63) is 28.2 Å². The average molecular weight is 297 g/mol. The van der Waals surface area contributed by atoms with E-state index in [0.29, 0.717) is 18.7 Å². The van der Waals surface area contributed by atoms with Gasteiger partial charge in [-0.1, -0.05) is 15.9 Å². The molecule has 17 heavy (non-hydrogen) atoms. The molecule has 5 heteroatoms. The number of carboxylic acid groups (broad SMARTS) is 1. The Bertz CT molecular complexity index is 454. The van der Waals surface area contributed by atoms with Crippen LogP contribution in [0.15, 0.2) is 22.7 Å². The normalized spacial score (nSPS) is 9.71. The van der Waals surface area contributed by atoms with E-state index in [-0.39, 0.29) is 6.42 Å². The van der Waals surface area contributed by atoms with Crippen LogP contribution in [0.4, 0.5) is 5.69 Å². The molecule has 1 rings (SSSR count). The molecule has 0 atom stereocenters. The Labute approximate surface area is 109 Å².